The first-order valence-electron chi connectivity index (χ1n) is 13.5. The third-order valence-corrected chi connectivity index (χ3v) is 8.25. The Morgan fingerprint density at radius 1 is 0.703 bits per heavy atom. The second-order valence-corrected chi connectivity index (χ2v) is 11.8. The number of unbranched alkanes of at least 4 members (excludes halogenated alkanes) is 10. The molecule has 2 unspecified atom stereocenters. The van der Waals surface area contributed by atoms with Gasteiger partial charge in [-0.2, -0.15) is 0 Å². The Labute approximate surface area is 230 Å². The number of aliphatic hydroxyl groups is 2. The maximum Gasteiger partial charge on any atom is 0.305 e. The minimum atomic E-state index is -1.21. The second kappa shape index (κ2) is 25.2. The number of methoxy groups -OCH3 is 1. The molecule has 218 valence electrons. The van der Waals surface area contributed by atoms with Gasteiger partial charge in [-0.3, -0.25) is 14.4 Å². The molecule has 0 radical (unpaired) electrons. The average molecular weight is 567 g/mol. The molecule has 0 spiro atoms. The van der Waals surface area contributed by atoms with Crippen LogP contribution in [0.1, 0.15) is 89.9 Å². The molecule has 0 aliphatic heterocycles. The molecule has 2 atom stereocenters. The molecule has 12 heteroatoms. The normalized spacial score (nSPS) is 12.8. The van der Waals surface area contributed by atoms with Gasteiger partial charge in [-0.05, 0) is 32.1 Å². The number of amides is 2. The summed E-state index contributed by atoms with van der Waals surface area (Å²) in [6, 6.07) is -1.21. The summed E-state index contributed by atoms with van der Waals surface area (Å²) in [6.07, 6.45) is 11.4. The van der Waals surface area contributed by atoms with Crippen LogP contribution in [0.15, 0.2) is 0 Å². The van der Waals surface area contributed by atoms with E-state index in [2.05, 4.69) is 15.4 Å². The number of carbonyl (C=O) groups is 3. The fourth-order valence-electron chi connectivity index (χ4n) is 3.44. The van der Waals surface area contributed by atoms with Crippen molar-refractivity contribution in [3.05, 3.63) is 0 Å². The number of rotatable bonds is 25. The molecule has 37 heavy (non-hydrogen) atoms. The van der Waals surface area contributed by atoms with Gasteiger partial charge in [0.05, 0.1) is 19.2 Å². The number of hydrogen-bond acceptors (Lipinski definition) is 10. The monoisotopic (exact) mass is 566 g/mol. The van der Waals surface area contributed by atoms with Crippen molar-refractivity contribution in [2.45, 2.75) is 108 Å². The van der Waals surface area contributed by atoms with Crippen LogP contribution >= 0.6 is 21.6 Å². The lowest BCUT2D eigenvalue weighted by molar-refractivity contribution is -0.140. The standard InChI is InChI=1S/C25H50N4O6S2/c1-35-23(32)15-11-7-3-5-9-13-17-29-25(34)21(27)19-37-36-18-20(26)24(33)28-16-12-8-4-2-6-10-14-22(30)31/h20-22,30-31H,2-19,26-27H2,1H3,(H,28,33)(H,29,34). The van der Waals surface area contributed by atoms with E-state index < -0.39 is 18.4 Å². The smallest absolute Gasteiger partial charge is 0.305 e. The summed E-state index contributed by atoms with van der Waals surface area (Å²) in [5, 5.41) is 23.3. The van der Waals surface area contributed by atoms with E-state index in [1.165, 1.54) is 28.7 Å². The van der Waals surface area contributed by atoms with E-state index in [-0.39, 0.29) is 17.8 Å². The lowest BCUT2D eigenvalue weighted by atomic mass is 10.1. The molecule has 0 heterocycles. The Bertz CT molecular complexity index is 602. The molecule has 2 amide bonds. The summed E-state index contributed by atoms with van der Waals surface area (Å²) in [5.41, 5.74) is 11.9. The summed E-state index contributed by atoms with van der Waals surface area (Å²) in [4.78, 5) is 35.2. The van der Waals surface area contributed by atoms with Crippen LogP contribution in [-0.4, -0.2) is 78.1 Å². The van der Waals surface area contributed by atoms with Gasteiger partial charge in [-0.25, -0.2) is 0 Å². The summed E-state index contributed by atoms with van der Waals surface area (Å²) in [7, 11) is 4.29. The zero-order chi connectivity index (χ0) is 27.7. The molecular formula is C25H50N4O6S2. The topological polar surface area (TPSA) is 177 Å². The van der Waals surface area contributed by atoms with E-state index in [0.717, 1.165) is 77.0 Å². The van der Waals surface area contributed by atoms with E-state index in [9.17, 15) is 14.4 Å². The molecule has 0 aromatic heterocycles. The molecule has 0 aromatic rings. The minimum absolute atomic E-state index is 0.159. The summed E-state index contributed by atoms with van der Waals surface area (Å²) in [5.74, 6) is 0.395. The highest BCUT2D eigenvalue weighted by atomic mass is 33.1. The van der Waals surface area contributed by atoms with Crippen molar-refractivity contribution in [2.75, 3.05) is 31.7 Å². The van der Waals surface area contributed by atoms with E-state index in [1.54, 1.807) is 0 Å². The van der Waals surface area contributed by atoms with Gasteiger partial charge in [0.15, 0.2) is 6.29 Å². The first-order chi connectivity index (χ1) is 17.8. The van der Waals surface area contributed by atoms with Crippen LogP contribution in [-0.2, 0) is 19.1 Å². The number of aliphatic hydroxyl groups excluding tert-OH is 1. The molecule has 0 saturated carbocycles. The summed E-state index contributed by atoms with van der Waals surface area (Å²) >= 11 is 0. The van der Waals surface area contributed by atoms with Gasteiger partial charge in [0.25, 0.3) is 0 Å². The number of esters is 1. The van der Waals surface area contributed by atoms with Gasteiger partial charge in [0.2, 0.25) is 11.8 Å². The highest BCUT2D eigenvalue weighted by Crippen LogP contribution is 2.22. The van der Waals surface area contributed by atoms with Gasteiger partial charge in [0, 0.05) is 31.0 Å². The van der Waals surface area contributed by atoms with Crippen molar-refractivity contribution in [3.8, 4) is 0 Å². The first kappa shape index (κ1) is 35.9. The van der Waals surface area contributed by atoms with Gasteiger partial charge in [0.1, 0.15) is 0 Å². The number of hydrogen-bond donors (Lipinski definition) is 6. The molecule has 8 N–H and O–H groups in total. The minimum Gasteiger partial charge on any atom is -0.469 e. The van der Waals surface area contributed by atoms with E-state index in [0.29, 0.717) is 37.4 Å². The van der Waals surface area contributed by atoms with Crippen molar-refractivity contribution in [2.24, 2.45) is 11.5 Å². The van der Waals surface area contributed by atoms with Crippen LogP contribution in [0.3, 0.4) is 0 Å². The number of nitrogens with two attached hydrogens (primary N) is 2. The second-order valence-electron chi connectivity index (χ2n) is 9.20. The lowest BCUT2D eigenvalue weighted by Crippen LogP contribution is -2.43. The fraction of sp³-hybridized carbons (Fsp3) is 0.880. The molecular weight excluding hydrogens is 516 g/mol. The predicted molar refractivity (Wildman–Crippen MR) is 152 cm³/mol. The van der Waals surface area contributed by atoms with Gasteiger partial charge < -0.3 is 37.1 Å². The molecule has 0 aliphatic carbocycles. The van der Waals surface area contributed by atoms with Crippen molar-refractivity contribution >= 4 is 39.4 Å². The Balaban J connectivity index is 3.60. The van der Waals surface area contributed by atoms with Gasteiger partial charge >= 0.3 is 5.97 Å². The Morgan fingerprint density at radius 3 is 1.54 bits per heavy atom. The number of carbonyl (C=O) groups excluding carboxylic acids is 3. The lowest BCUT2D eigenvalue weighted by Gasteiger charge is -2.14. The van der Waals surface area contributed by atoms with Crippen LogP contribution in [0.4, 0.5) is 0 Å². The first-order valence-corrected chi connectivity index (χ1v) is 16.0. The van der Waals surface area contributed by atoms with Crippen molar-refractivity contribution in [1.29, 1.82) is 0 Å². The van der Waals surface area contributed by atoms with Crippen LogP contribution < -0.4 is 22.1 Å². The molecule has 0 fully saturated rings. The maximum atomic E-state index is 12.1. The zero-order valence-electron chi connectivity index (χ0n) is 22.5. The van der Waals surface area contributed by atoms with Crippen molar-refractivity contribution in [1.82, 2.24) is 10.6 Å². The predicted octanol–water partition coefficient (Wildman–Crippen LogP) is 2.20. The fourth-order valence-corrected chi connectivity index (χ4v) is 5.69. The molecule has 0 saturated heterocycles. The van der Waals surface area contributed by atoms with Crippen LogP contribution in [0.5, 0.6) is 0 Å². The molecule has 0 aromatic carbocycles. The number of ether oxygens (including phenoxy) is 1. The Kier molecular flexibility index (Phi) is 24.5. The van der Waals surface area contributed by atoms with Gasteiger partial charge in [-0.15, -0.1) is 0 Å². The quantitative estimate of drug-likeness (QED) is 0.0415. The molecule has 0 aliphatic rings. The Hall–Kier alpha value is -1.05. The van der Waals surface area contributed by atoms with Crippen LogP contribution in [0.25, 0.3) is 0 Å². The van der Waals surface area contributed by atoms with Gasteiger partial charge in [-0.1, -0.05) is 73.0 Å². The molecule has 0 rings (SSSR count). The van der Waals surface area contributed by atoms with Crippen LogP contribution in [0, 0.1) is 0 Å². The van der Waals surface area contributed by atoms with Crippen molar-refractivity contribution < 1.29 is 29.3 Å². The highest BCUT2D eigenvalue weighted by Gasteiger charge is 2.16. The Morgan fingerprint density at radius 2 is 1.11 bits per heavy atom. The molecule has 10 nitrogen and oxygen atoms in total. The average Bonchev–Trinajstić information content (AvgIpc) is 2.88. The third kappa shape index (κ3) is 23.8. The van der Waals surface area contributed by atoms with E-state index in [4.69, 9.17) is 21.7 Å². The SMILES string of the molecule is COC(=O)CCCCCCCCNC(=O)C(N)CSSCC(N)C(=O)NCCCCCCCCC(O)O. The number of nitrogens with one attached hydrogen (secondary N) is 2. The van der Waals surface area contributed by atoms with Crippen LogP contribution in [0.2, 0.25) is 0 Å². The van der Waals surface area contributed by atoms with Crippen molar-refractivity contribution in [3.63, 3.8) is 0 Å². The highest BCUT2D eigenvalue weighted by molar-refractivity contribution is 8.76. The van der Waals surface area contributed by atoms with E-state index >= 15 is 0 Å². The third-order valence-electron chi connectivity index (χ3n) is 5.77. The largest absolute Gasteiger partial charge is 0.469 e. The maximum absolute atomic E-state index is 12.1. The zero-order valence-corrected chi connectivity index (χ0v) is 24.1. The molecule has 0 bridgehead atoms. The summed E-state index contributed by atoms with van der Waals surface area (Å²) < 4.78 is 4.61. The van der Waals surface area contributed by atoms with E-state index in [1.807, 2.05) is 0 Å². The summed E-state index contributed by atoms with van der Waals surface area (Å²) in [6.45, 7) is 1.20.